The van der Waals surface area contributed by atoms with Gasteiger partial charge in [0.1, 0.15) is 11.6 Å². The zero-order valence-electron chi connectivity index (χ0n) is 9.17. The molecular formula is C12H15F2NO. The van der Waals surface area contributed by atoms with Crippen molar-refractivity contribution in [1.29, 1.82) is 0 Å². The van der Waals surface area contributed by atoms with Crippen molar-refractivity contribution in [3.05, 3.63) is 35.4 Å². The van der Waals surface area contributed by atoms with Crippen LogP contribution >= 0.6 is 0 Å². The van der Waals surface area contributed by atoms with Gasteiger partial charge in [-0.05, 0) is 31.0 Å². The summed E-state index contributed by atoms with van der Waals surface area (Å²) in [6.07, 6.45) is 0.947. The molecule has 0 radical (unpaired) electrons. The molecule has 1 fully saturated rings. The van der Waals surface area contributed by atoms with E-state index in [4.69, 9.17) is 4.74 Å². The average molecular weight is 227 g/mol. The van der Waals surface area contributed by atoms with E-state index in [2.05, 4.69) is 5.32 Å². The van der Waals surface area contributed by atoms with E-state index in [1.807, 2.05) is 6.92 Å². The van der Waals surface area contributed by atoms with Gasteiger partial charge in [-0.1, -0.05) is 0 Å². The van der Waals surface area contributed by atoms with Gasteiger partial charge in [-0.15, -0.1) is 0 Å². The fourth-order valence-electron chi connectivity index (χ4n) is 1.94. The summed E-state index contributed by atoms with van der Waals surface area (Å²) in [6.45, 7) is 3.32. The van der Waals surface area contributed by atoms with Crippen molar-refractivity contribution >= 4 is 0 Å². The first-order valence-electron chi connectivity index (χ1n) is 5.45. The molecule has 1 heterocycles. The maximum Gasteiger partial charge on any atom is 0.126 e. The van der Waals surface area contributed by atoms with Crippen molar-refractivity contribution in [2.75, 3.05) is 13.2 Å². The van der Waals surface area contributed by atoms with E-state index < -0.39 is 11.6 Å². The SMILES string of the molecule is CC(NC1CCOC1)c1cc(F)cc(F)c1. The first-order chi connectivity index (χ1) is 7.65. The quantitative estimate of drug-likeness (QED) is 0.856. The molecule has 0 aliphatic carbocycles. The van der Waals surface area contributed by atoms with Crippen LogP contribution in [0, 0.1) is 11.6 Å². The second-order valence-electron chi connectivity index (χ2n) is 4.15. The molecule has 0 saturated carbocycles. The molecular weight excluding hydrogens is 212 g/mol. The minimum Gasteiger partial charge on any atom is -0.380 e. The van der Waals surface area contributed by atoms with E-state index in [9.17, 15) is 8.78 Å². The van der Waals surface area contributed by atoms with Crippen molar-refractivity contribution in [2.24, 2.45) is 0 Å². The van der Waals surface area contributed by atoms with Crippen molar-refractivity contribution < 1.29 is 13.5 Å². The van der Waals surface area contributed by atoms with Crippen LogP contribution in [0.1, 0.15) is 24.9 Å². The molecule has 2 unspecified atom stereocenters. The minimum absolute atomic E-state index is 0.0723. The van der Waals surface area contributed by atoms with Gasteiger partial charge in [0.2, 0.25) is 0 Å². The van der Waals surface area contributed by atoms with Crippen LogP contribution in [0.5, 0.6) is 0 Å². The van der Waals surface area contributed by atoms with Crippen LogP contribution in [-0.4, -0.2) is 19.3 Å². The standard InChI is InChI=1S/C12H15F2NO/c1-8(15-12-2-3-16-7-12)9-4-10(13)6-11(14)5-9/h4-6,8,12,15H,2-3,7H2,1H3. The van der Waals surface area contributed by atoms with E-state index in [-0.39, 0.29) is 12.1 Å². The summed E-state index contributed by atoms with van der Waals surface area (Å²) >= 11 is 0. The Balaban J connectivity index is 2.04. The molecule has 1 aliphatic rings. The number of rotatable bonds is 3. The molecule has 2 atom stereocenters. The van der Waals surface area contributed by atoms with E-state index >= 15 is 0 Å². The van der Waals surface area contributed by atoms with Crippen LogP contribution in [0.15, 0.2) is 18.2 Å². The average Bonchev–Trinajstić information content (AvgIpc) is 2.68. The maximum absolute atomic E-state index is 13.0. The third kappa shape index (κ3) is 2.77. The number of halogens is 2. The Bertz CT molecular complexity index is 344. The van der Waals surface area contributed by atoms with Crippen LogP contribution < -0.4 is 5.32 Å². The second kappa shape index (κ2) is 4.89. The molecule has 16 heavy (non-hydrogen) atoms. The topological polar surface area (TPSA) is 21.3 Å². The predicted octanol–water partition coefficient (Wildman–Crippen LogP) is 2.40. The number of hydrogen-bond donors (Lipinski definition) is 1. The molecule has 1 N–H and O–H groups in total. The molecule has 2 nitrogen and oxygen atoms in total. The molecule has 0 spiro atoms. The lowest BCUT2D eigenvalue weighted by Crippen LogP contribution is -2.31. The molecule has 2 rings (SSSR count). The Kier molecular flexibility index (Phi) is 3.51. The summed E-state index contributed by atoms with van der Waals surface area (Å²) < 4.78 is 31.2. The monoisotopic (exact) mass is 227 g/mol. The molecule has 1 aromatic carbocycles. The second-order valence-corrected chi connectivity index (χ2v) is 4.15. The summed E-state index contributed by atoms with van der Waals surface area (Å²) in [7, 11) is 0. The Morgan fingerprint density at radius 2 is 2.00 bits per heavy atom. The largest absolute Gasteiger partial charge is 0.380 e. The molecule has 4 heteroatoms. The number of nitrogens with one attached hydrogen (secondary N) is 1. The Morgan fingerprint density at radius 1 is 1.31 bits per heavy atom. The van der Waals surface area contributed by atoms with E-state index in [1.165, 1.54) is 12.1 Å². The third-order valence-corrected chi connectivity index (χ3v) is 2.80. The first kappa shape index (κ1) is 11.5. The van der Waals surface area contributed by atoms with Gasteiger partial charge < -0.3 is 10.1 Å². The molecule has 1 saturated heterocycles. The van der Waals surface area contributed by atoms with E-state index in [1.54, 1.807) is 0 Å². The zero-order chi connectivity index (χ0) is 11.5. The molecule has 0 bridgehead atoms. The first-order valence-corrected chi connectivity index (χ1v) is 5.45. The minimum atomic E-state index is -0.536. The summed E-state index contributed by atoms with van der Waals surface area (Å²) in [5.41, 5.74) is 0.629. The van der Waals surface area contributed by atoms with Crippen LogP contribution in [0.4, 0.5) is 8.78 Å². The highest BCUT2D eigenvalue weighted by Crippen LogP contribution is 2.18. The van der Waals surface area contributed by atoms with Gasteiger partial charge >= 0.3 is 0 Å². The highest BCUT2D eigenvalue weighted by Gasteiger charge is 2.18. The van der Waals surface area contributed by atoms with Crippen LogP contribution in [-0.2, 0) is 4.74 Å². The fraction of sp³-hybridized carbons (Fsp3) is 0.500. The van der Waals surface area contributed by atoms with Gasteiger partial charge in [-0.2, -0.15) is 0 Å². The van der Waals surface area contributed by atoms with Gasteiger partial charge in [0.25, 0.3) is 0 Å². The number of ether oxygens (including phenoxy) is 1. The van der Waals surface area contributed by atoms with Crippen molar-refractivity contribution in [1.82, 2.24) is 5.32 Å². The molecule has 0 amide bonds. The molecule has 88 valence electrons. The third-order valence-electron chi connectivity index (χ3n) is 2.80. The summed E-state index contributed by atoms with van der Waals surface area (Å²) in [6, 6.07) is 3.81. The predicted molar refractivity (Wildman–Crippen MR) is 57.1 cm³/mol. The Labute approximate surface area is 93.6 Å². The molecule has 1 aromatic rings. The van der Waals surface area contributed by atoms with Gasteiger partial charge in [-0.25, -0.2) is 8.78 Å². The molecule has 1 aliphatic heterocycles. The summed E-state index contributed by atoms with van der Waals surface area (Å²) in [4.78, 5) is 0. The van der Waals surface area contributed by atoms with E-state index in [0.29, 0.717) is 12.2 Å². The summed E-state index contributed by atoms with van der Waals surface area (Å²) in [5.74, 6) is -1.07. The van der Waals surface area contributed by atoms with Crippen LogP contribution in [0.3, 0.4) is 0 Å². The molecule has 0 aromatic heterocycles. The van der Waals surface area contributed by atoms with Crippen molar-refractivity contribution in [3.63, 3.8) is 0 Å². The number of hydrogen-bond acceptors (Lipinski definition) is 2. The van der Waals surface area contributed by atoms with Crippen molar-refractivity contribution in [2.45, 2.75) is 25.4 Å². The van der Waals surface area contributed by atoms with E-state index in [0.717, 1.165) is 19.1 Å². The number of benzene rings is 1. The Hall–Kier alpha value is -1.00. The van der Waals surface area contributed by atoms with Gasteiger partial charge in [0.05, 0.1) is 6.61 Å². The van der Waals surface area contributed by atoms with Crippen molar-refractivity contribution in [3.8, 4) is 0 Å². The highest BCUT2D eigenvalue weighted by molar-refractivity contribution is 5.21. The lowest BCUT2D eigenvalue weighted by Gasteiger charge is -2.18. The van der Waals surface area contributed by atoms with Crippen LogP contribution in [0.25, 0.3) is 0 Å². The van der Waals surface area contributed by atoms with Gasteiger partial charge in [0, 0.05) is 24.8 Å². The van der Waals surface area contributed by atoms with Crippen LogP contribution in [0.2, 0.25) is 0 Å². The lowest BCUT2D eigenvalue weighted by molar-refractivity contribution is 0.188. The zero-order valence-corrected chi connectivity index (χ0v) is 9.17. The highest BCUT2D eigenvalue weighted by atomic mass is 19.1. The summed E-state index contributed by atoms with van der Waals surface area (Å²) in [5, 5.41) is 3.29. The van der Waals surface area contributed by atoms with Gasteiger partial charge in [0.15, 0.2) is 0 Å². The smallest absolute Gasteiger partial charge is 0.126 e. The maximum atomic E-state index is 13.0. The lowest BCUT2D eigenvalue weighted by atomic mass is 10.1. The normalized spacial score (nSPS) is 22.3. The van der Waals surface area contributed by atoms with Gasteiger partial charge in [-0.3, -0.25) is 0 Å². The fourth-order valence-corrected chi connectivity index (χ4v) is 1.94. The Morgan fingerprint density at radius 3 is 2.56 bits per heavy atom.